The molecule has 240 valence electrons. The van der Waals surface area contributed by atoms with Gasteiger partial charge in [-0.2, -0.15) is 0 Å². The number of aryl methyl sites for hydroxylation is 1. The molecule has 0 saturated carbocycles. The van der Waals surface area contributed by atoms with Crippen LogP contribution in [0.4, 0.5) is 0 Å². The molecule has 0 saturated heterocycles. The molecule has 0 bridgehead atoms. The van der Waals surface area contributed by atoms with E-state index in [9.17, 15) is 9.59 Å². The third-order valence-electron chi connectivity index (χ3n) is 8.64. The number of esters is 1. The molecule has 0 radical (unpaired) electrons. The lowest BCUT2D eigenvalue weighted by Crippen LogP contribution is -2.40. The number of hydrogen-bond acceptors (Lipinski definition) is 6. The van der Waals surface area contributed by atoms with Gasteiger partial charge in [0.25, 0.3) is 5.56 Å². The second-order valence-corrected chi connectivity index (χ2v) is 12.9. The van der Waals surface area contributed by atoms with Crippen molar-refractivity contribution in [3.8, 4) is 11.4 Å². The van der Waals surface area contributed by atoms with Gasteiger partial charge in [0.15, 0.2) is 4.80 Å². The minimum absolute atomic E-state index is 0.164. The van der Waals surface area contributed by atoms with E-state index in [-0.39, 0.29) is 17.7 Å². The van der Waals surface area contributed by atoms with Crippen molar-refractivity contribution in [1.82, 2.24) is 9.13 Å². The summed E-state index contributed by atoms with van der Waals surface area (Å²) in [6.45, 7) is 5.99. The monoisotopic (exact) mass is 673 g/mol. The lowest BCUT2D eigenvalue weighted by atomic mass is 9.89. The maximum atomic E-state index is 14.7. The molecule has 9 heteroatoms. The van der Waals surface area contributed by atoms with Gasteiger partial charge in [-0.05, 0) is 79.6 Å². The van der Waals surface area contributed by atoms with E-state index in [1.54, 1.807) is 18.6 Å². The molecule has 0 unspecified atom stereocenters. The van der Waals surface area contributed by atoms with Gasteiger partial charge in [0, 0.05) is 33.2 Å². The summed E-state index contributed by atoms with van der Waals surface area (Å²) in [4.78, 5) is 34.2. The van der Waals surface area contributed by atoms with Gasteiger partial charge in [0.05, 0.1) is 29.5 Å². The van der Waals surface area contributed by atoms with Crippen LogP contribution in [0.2, 0.25) is 5.02 Å². The first kappa shape index (κ1) is 31.4. The zero-order valence-electron chi connectivity index (χ0n) is 26.9. The fourth-order valence-electron chi connectivity index (χ4n) is 6.51. The summed E-state index contributed by atoms with van der Waals surface area (Å²) >= 11 is 7.46. The molecule has 0 amide bonds. The summed E-state index contributed by atoms with van der Waals surface area (Å²) in [7, 11) is 1.60. The molecule has 3 heterocycles. The first-order chi connectivity index (χ1) is 23.3. The number of carbonyl (C=O) groups is 1. The van der Waals surface area contributed by atoms with Crippen molar-refractivity contribution < 1.29 is 14.3 Å². The third kappa shape index (κ3) is 5.37. The lowest BCUT2D eigenvalue weighted by Gasteiger charge is -2.28. The Kier molecular flexibility index (Phi) is 8.37. The maximum absolute atomic E-state index is 14.7. The molecule has 2 aromatic heterocycles. The van der Waals surface area contributed by atoms with E-state index in [0.29, 0.717) is 31.4 Å². The topological polar surface area (TPSA) is 74.8 Å². The molecular formula is C39H32ClN3O4S. The van der Waals surface area contributed by atoms with Gasteiger partial charge in [-0.25, -0.2) is 9.79 Å². The Balaban J connectivity index is 1.54. The standard InChI is InChI=1S/C39H32ClN3O4S/c1-5-47-38(45)34-35(26-12-7-6-8-13-26)41-39-43(36(34)33-30-14-10-9-11-25(30)15-20-31(33)46-4)37(44)32(48-39)22-27-21-23(2)42(24(27)3)29-18-16-28(40)17-19-29/h6-22,36H,5H2,1-4H3/b32-22-/t36-/m0/s1. The Hall–Kier alpha value is -5.18. The predicted molar refractivity (Wildman–Crippen MR) is 192 cm³/mol. The highest BCUT2D eigenvalue weighted by Crippen LogP contribution is 2.42. The quantitative estimate of drug-likeness (QED) is 0.169. The first-order valence-corrected chi connectivity index (χ1v) is 16.8. The second kappa shape index (κ2) is 12.8. The zero-order valence-corrected chi connectivity index (χ0v) is 28.4. The summed E-state index contributed by atoms with van der Waals surface area (Å²) in [6.07, 6.45) is 1.91. The number of rotatable bonds is 7. The fourth-order valence-corrected chi connectivity index (χ4v) is 7.63. The molecule has 7 nitrogen and oxygen atoms in total. The summed E-state index contributed by atoms with van der Waals surface area (Å²) in [5, 5.41) is 2.47. The highest BCUT2D eigenvalue weighted by molar-refractivity contribution is 7.07. The number of methoxy groups -OCH3 is 1. The van der Waals surface area contributed by atoms with Crippen LogP contribution in [0.1, 0.15) is 41.0 Å². The molecule has 6 aromatic rings. The van der Waals surface area contributed by atoms with Crippen LogP contribution in [0.3, 0.4) is 0 Å². The molecule has 7 rings (SSSR count). The van der Waals surface area contributed by atoms with Crippen LogP contribution in [0.25, 0.3) is 28.2 Å². The highest BCUT2D eigenvalue weighted by Gasteiger charge is 2.37. The van der Waals surface area contributed by atoms with E-state index in [2.05, 4.69) is 10.6 Å². The van der Waals surface area contributed by atoms with E-state index in [1.165, 1.54) is 11.3 Å². The Labute approximate surface area is 286 Å². The van der Waals surface area contributed by atoms with Crippen molar-refractivity contribution in [2.45, 2.75) is 26.8 Å². The van der Waals surface area contributed by atoms with Gasteiger partial charge < -0.3 is 14.0 Å². The molecule has 0 N–H and O–H groups in total. The molecule has 1 aliphatic heterocycles. The van der Waals surface area contributed by atoms with Crippen LogP contribution in [-0.4, -0.2) is 28.8 Å². The first-order valence-electron chi connectivity index (χ1n) is 15.6. The summed E-state index contributed by atoms with van der Waals surface area (Å²) in [6, 6.07) is 30.1. The second-order valence-electron chi connectivity index (χ2n) is 11.5. The van der Waals surface area contributed by atoms with Crippen LogP contribution in [0.15, 0.2) is 112 Å². The van der Waals surface area contributed by atoms with Crippen molar-refractivity contribution in [2.24, 2.45) is 4.99 Å². The predicted octanol–water partition coefficient (Wildman–Crippen LogP) is 7.16. The minimum atomic E-state index is -0.875. The Morgan fingerprint density at radius 1 is 0.979 bits per heavy atom. The summed E-state index contributed by atoms with van der Waals surface area (Å²) < 4.78 is 15.9. The number of fused-ring (bicyclic) bond motifs is 2. The number of hydrogen-bond donors (Lipinski definition) is 0. The lowest BCUT2D eigenvalue weighted by molar-refractivity contribution is -0.138. The molecule has 1 aliphatic rings. The van der Waals surface area contributed by atoms with Crippen molar-refractivity contribution in [2.75, 3.05) is 13.7 Å². The molecule has 1 atom stereocenters. The number of aromatic nitrogens is 2. The molecular weight excluding hydrogens is 642 g/mol. The Morgan fingerprint density at radius 2 is 1.71 bits per heavy atom. The van der Waals surface area contributed by atoms with Crippen LogP contribution in [-0.2, 0) is 9.53 Å². The highest BCUT2D eigenvalue weighted by atomic mass is 35.5. The number of halogens is 1. The van der Waals surface area contributed by atoms with Crippen LogP contribution >= 0.6 is 22.9 Å². The largest absolute Gasteiger partial charge is 0.496 e. The van der Waals surface area contributed by atoms with Gasteiger partial charge in [-0.1, -0.05) is 83.6 Å². The Bertz CT molecular complexity index is 2420. The molecule has 0 aliphatic carbocycles. The van der Waals surface area contributed by atoms with Gasteiger partial charge in [-0.15, -0.1) is 0 Å². The normalized spacial score (nSPS) is 14.6. The molecule has 0 fully saturated rings. The van der Waals surface area contributed by atoms with Crippen molar-refractivity contribution in [1.29, 1.82) is 0 Å². The SMILES string of the molecule is CCOC(=O)C1=C(c2ccccc2)N=c2s/c(=C\c3cc(C)n(-c4ccc(Cl)cc4)c3C)c(=O)n2[C@H]1c1c(OC)ccc2ccccc12. The maximum Gasteiger partial charge on any atom is 0.338 e. The number of carbonyl (C=O) groups excluding carboxylic acids is 1. The Morgan fingerprint density at radius 3 is 2.44 bits per heavy atom. The van der Waals surface area contributed by atoms with E-state index in [1.807, 2.05) is 111 Å². The third-order valence-corrected chi connectivity index (χ3v) is 9.87. The average Bonchev–Trinajstić information content (AvgIpc) is 3.57. The van der Waals surface area contributed by atoms with Crippen LogP contribution in [0, 0.1) is 13.8 Å². The number of ether oxygens (including phenoxy) is 2. The van der Waals surface area contributed by atoms with Gasteiger partial charge in [-0.3, -0.25) is 9.36 Å². The molecule has 4 aromatic carbocycles. The van der Waals surface area contributed by atoms with Crippen LogP contribution in [0.5, 0.6) is 5.75 Å². The zero-order chi connectivity index (χ0) is 33.5. The van der Waals surface area contributed by atoms with Crippen LogP contribution < -0.4 is 19.6 Å². The van der Waals surface area contributed by atoms with Crippen molar-refractivity contribution in [3.63, 3.8) is 0 Å². The summed E-state index contributed by atoms with van der Waals surface area (Å²) in [5.74, 6) is 0.0109. The van der Waals surface area contributed by atoms with E-state index < -0.39 is 12.0 Å². The molecule has 0 spiro atoms. The van der Waals surface area contributed by atoms with E-state index in [4.69, 9.17) is 26.1 Å². The van der Waals surface area contributed by atoms with Gasteiger partial charge in [0.1, 0.15) is 11.8 Å². The minimum Gasteiger partial charge on any atom is -0.496 e. The number of thiazole rings is 1. The summed E-state index contributed by atoms with van der Waals surface area (Å²) in [5.41, 5.74) is 5.78. The van der Waals surface area contributed by atoms with E-state index in [0.717, 1.165) is 39.0 Å². The van der Waals surface area contributed by atoms with Crippen molar-refractivity contribution >= 4 is 51.5 Å². The molecule has 48 heavy (non-hydrogen) atoms. The van der Waals surface area contributed by atoms with Gasteiger partial charge >= 0.3 is 5.97 Å². The van der Waals surface area contributed by atoms with Gasteiger partial charge in [0.2, 0.25) is 0 Å². The average molecular weight is 674 g/mol. The smallest absolute Gasteiger partial charge is 0.338 e. The number of benzene rings is 4. The number of nitrogens with zero attached hydrogens (tertiary/aromatic N) is 3. The van der Waals surface area contributed by atoms with E-state index >= 15 is 0 Å². The fraction of sp³-hybridized carbons (Fsp3) is 0.154. The van der Waals surface area contributed by atoms with Crippen molar-refractivity contribution in [3.05, 3.63) is 155 Å².